The summed E-state index contributed by atoms with van der Waals surface area (Å²) in [6, 6.07) is 0. The van der Waals surface area contributed by atoms with Gasteiger partial charge in [0.25, 0.3) is 0 Å². The van der Waals surface area contributed by atoms with Crippen LogP contribution in [-0.4, -0.2) is 24.2 Å². The predicted octanol–water partition coefficient (Wildman–Crippen LogP) is 1.42. The summed E-state index contributed by atoms with van der Waals surface area (Å²) in [5.41, 5.74) is 9.81. The van der Waals surface area contributed by atoms with E-state index in [2.05, 4.69) is 4.57 Å². The Hall–Kier alpha value is -1.29. The highest BCUT2D eigenvalue weighted by atomic mass is 16.5. The number of carbonyl (C=O) groups excluding carboxylic acids is 1. The molecule has 0 unspecified atom stereocenters. The molecule has 1 fully saturated rings. The molecule has 1 aromatic rings. The van der Waals surface area contributed by atoms with E-state index in [1.165, 1.54) is 7.11 Å². The summed E-state index contributed by atoms with van der Waals surface area (Å²) in [6.07, 6.45) is 2.13. The Morgan fingerprint density at radius 3 is 2.41 bits per heavy atom. The fourth-order valence-electron chi connectivity index (χ4n) is 2.66. The van der Waals surface area contributed by atoms with Crippen molar-refractivity contribution >= 4 is 5.97 Å². The zero-order chi connectivity index (χ0) is 12.8. The van der Waals surface area contributed by atoms with Gasteiger partial charge in [-0.3, -0.25) is 0 Å². The lowest BCUT2D eigenvalue weighted by Crippen LogP contribution is -2.23. The van der Waals surface area contributed by atoms with Crippen LogP contribution in [0.4, 0.5) is 0 Å². The zero-order valence-electron chi connectivity index (χ0n) is 11.0. The standard InChI is InChI=1S/C13H20N2O2/c1-8-10(12(16)17-4)11(9(2)15(8)3)13(7-14)5-6-13/h5-7,14H2,1-4H3. The number of rotatable bonds is 3. The summed E-state index contributed by atoms with van der Waals surface area (Å²) < 4.78 is 6.95. The lowest BCUT2D eigenvalue weighted by Gasteiger charge is -2.14. The minimum Gasteiger partial charge on any atom is -0.465 e. The summed E-state index contributed by atoms with van der Waals surface area (Å²) >= 11 is 0. The number of hydrogen-bond acceptors (Lipinski definition) is 3. The lowest BCUT2D eigenvalue weighted by molar-refractivity contribution is 0.0598. The Kier molecular flexibility index (Phi) is 2.78. The van der Waals surface area contributed by atoms with E-state index in [1.807, 2.05) is 20.9 Å². The van der Waals surface area contributed by atoms with Crippen molar-refractivity contribution in [1.82, 2.24) is 4.57 Å². The molecule has 1 heterocycles. The molecule has 1 aromatic heterocycles. The van der Waals surface area contributed by atoms with Gasteiger partial charge in [-0.1, -0.05) is 0 Å². The van der Waals surface area contributed by atoms with E-state index < -0.39 is 0 Å². The van der Waals surface area contributed by atoms with Crippen molar-refractivity contribution < 1.29 is 9.53 Å². The van der Waals surface area contributed by atoms with Gasteiger partial charge in [-0.2, -0.15) is 0 Å². The van der Waals surface area contributed by atoms with Crippen molar-refractivity contribution in [2.45, 2.75) is 32.1 Å². The molecule has 4 heteroatoms. The summed E-state index contributed by atoms with van der Waals surface area (Å²) in [5.74, 6) is -0.249. The van der Waals surface area contributed by atoms with Gasteiger partial charge in [0.2, 0.25) is 0 Å². The maximum atomic E-state index is 11.9. The van der Waals surface area contributed by atoms with Gasteiger partial charge in [0.15, 0.2) is 0 Å². The van der Waals surface area contributed by atoms with Crippen LogP contribution in [0, 0.1) is 13.8 Å². The fourth-order valence-corrected chi connectivity index (χ4v) is 2.66. The molecule has 1 saturated carbocycles. The van der Waals surface area contributed by atoms with E-state index in [1.54, 1.807) is 0 Å². The number of nitrogens with zero attached hydrogens (tertiary/aromatic N) is 1. The summed E-state index contributed by atoms with van der Waals surface area (Å²) in [5, 5.41) is 0. The topological polar surface area (TPSA) is 57.2 Å². The largest absolute Gasteiger partial charge is 0.465 e. The Morgan fingerprint density at radius 1 is 1.41 bits per heavy atom. The molecule has 0 spiro atoms. The Balaban J connectivity index is 2.65. The Bertz CT molecular complexity index is 470. The van der Waals surface area contributed by atoms with Gasteiger partial charge in [-0.05, 0) is 32.3 Å². The molecule has 0 aromatic carbocycles. The van der Waals surface area contributed by atoms with Crippen LogP contribution in [-0.2, 0) is 17.2 Å². The maximum Gasteiger partial charge on any atom is 0.339 e. The molecule has 0 radical (unpaired) electrons. The van der Waals surface area contributed by atoms with Gasteiger partial charge in [0.05, 0.1) is 12.7 Å². The van der Waals surface area contributed by atoms with Crippen molar-refractivity contribution in [1.29, 1.82) is 0 Å². The van der Waals surface area contributed by atoms with Crippen LogP contribution in [0.5, 0.6) is 0 Å². The molecule has 2 rings (SSSR count). The number of nitrogens with two attached hydrogens (primary N) is 1. The third kappa shape index (κ3) is 1.59. The number of carbonyl (C=O) groups is 1. The number of hydrogen-bond donors (Lipinski definition) is 1. The highest BCUT2D eigenvalue weighted by Crippen LogP contribution is 2.50. The molecule has 0 atom stereocenters. The SMILES string of the molecule is COC(=O)c1c(C2(CN)CC2)c(C)n(C)c1C. The second-order valence-electron chi connectivity index (χ2n) is 4.96. The van der Waals surface area contributed by atoms with Gasteiger partial charge in [0, 0.05) is 30.4 Å². The second kappa shape index (κ2) is 3.88. The average molecular weight is 236 g/mol. The number of esters is 1. The smallest absolute Gasteiger partial charge is 0.339 e. The zero-order valence-corrected chi connectivity index (χ0v) is 11.0. The molecule has 2 N–H and O–H groups in total. The molecule has 4 nitrogen and oxygen atoms in total. The van der Waals surface area contributed by atoms with Crippen LogP contribution >= 0.6 is 0 Å². The minimum absolute atomic E-state index is 0.0135. The second-order valence-corrected chi connectivity index (χ2v) is 4.96. The molecule has 0 saturated heterocycles. The van der Waals surface area contributed by atoms with Crippen molar-refractivity contribution in [3.05, 3.63) is 22.5 Å². The molecule has 0 amide bonds. The molecule has 0 aliphatic heterocycles. The van der Waals surface area contributed by atoms with Gasteiger partial charge in [0.1, 0.15) is 0 Å². The van der Waals surface area contributed by atoms with E-state index in [0.717, 1.165) is 35.4 Å². The van der Waals surface area contributed by atoms with Crippen molar-refractivity contribution in [3.8, 4) is 0 Å². The van der Waals surface area contributed by atoms with Gasteiger partial charge < -0.3 is 15.0 Å². The van der Waals surface area contributed by atoms with Crippen molar-refractivity contribution in [2.75, 3.05) is 13.7 Å². The molecule has 17 heavy (non-hydrogen) atoms. The minimum atomic E-state index is -0.249. The normalized spacial score (nSPS) is 17.0. The van der Waals surface area contributed by atoms with E-state index in [-0.39, 0.29) is 11.4 Å². The average Bonchev–Trinajstić information content (AvgIpc) is 3.09. The number of methoxy groups -OCH3 is 1. The molecule has 94 valence electrons. The monoisotopic (exact) mass is 236 g/mol. The first-order valence-electron chi connectivity index (χ1n) is 5.93. The van der Waals surface area contributed by atoms with Crippen molar-refractivity contribution in [2.24, 2.45) is 12.8 Å². The van der Waals surface area contributed by atoms with Crippen LogP contribution in [0.25, 0.3) is 0 Å². The van der Waals surface area contributed by atoms with Crippen LogP contribution in [0.15, 0.2) is 0 Å². The lowest BCUT2D eigenvalue weighted by atomic mass is 9.92. The van der Waals surface area contributed by atoms with Gasteiger partial charge in [-0.15, -0.1) is 0 Å². The first-order chi connectivity index (χ1) is 7.98. The third-order valence-electron chi connectivity index (χ3n) is 4.14. The van der Waals surface area contributed by atoms with E-state index in [0.29, 0.717) is 6.54 Å². The highest BCUT2D eigenvalue weighted by Gasteiger charge is 2.48. The molecule has 1 aliphatic carbocycles. The molecular formula is C13H20N2O2. The van der Waals surface area contributed by atoms with Crippen LogP contribution in [0.2, 0.25) is 0 Å². The van der Waals surface area contributed by atoms with Crippen LogP contribution < -0.4 is 5.73 Å². The van der Waals surface area contributed by atoms with Crippen LogP contribution in [0.1, 0.15) is 40.2 Å². The quantitative estimate of drug-likeness (QED) is 0.807. The van der Waals surface area contributed by atoms with Crippen LogP contribution in [0.3, 0.4) is 0 Å². The van der Waals surface area contributed by atoms with Gasteiger partial charge in [-0.25, -0.2) is 4.79 Å². The first-order valence-corrected chi connectivity index (χ1v) is 5.93. The fraction of sp³-hybridized carbons (Fsp3) is 0.615. The highest BCUT2D eigenvalue weighted by molar-refractivity contribution is 5.93. The third-order valence-corrected chi connectivity index (χ3v) is 4.14. The van der Waals surface area contributed by atoms with E-state index in [9.17, 15) is 4.79 Å². The molecule has 0 bridgehead atoms. The Morgan fingerprint density at radius 2 is 2.00 bits per heavy atom. The predicted molar refractivity (Wildman–Crippen MR) is 66.2 cm³/mol. The maximum absolute atomic E-state index is 11.9. The Labute approximate surface area is 102 Å². The molecule has 1 aliphatic rings. The summed E-state index contributed by atoms with van der Waals surface area (Å²) in [7, 11) is 3.41. The number of ether oxygens (including phenoxy) is 1. The van der Waals surface area contributed by atoms with E-state index >= 15 is 0 Å². The van der Waals surface area contributed by atoms with Crippen molar-refractivity contribution in [3.63, 3.8) is 0 Å². The first kappa shape index (κ1) is 12.2. The van der Waals surface area contributed by atoms with Gasteiger partial charge >= 0.3 is 5.97 Å². The molecular weight excluding hydrogens is 216 g/mol. The number of aromatic nitrogens is 1. The summed E-state index contributed by atoms with van der Waals surface area (Å²) in [6.45, 7) is 4.60. The summed E-state index contributed by atoms with van der Waals surface area (Å²) in [4.78, 5) is 11.9. The van der Waals surface area contributed by atoms with E-state index in [4.69, 9.17) is 10.5 Å².